The van der Waals surface area contributed by atoms with Gasteiger partial charge in [0.15, 0.2) is 0 Å². The highest BCUT2D eigenvalue weighted by molar-refractivity contribution is 4.83. The molecule has 0 N–H and O–H groups in total. The zero-order valence-corrected chi connectivity index (χ0v) is 7.87. The lowest BCUT2D eigenvalue weighted by Gasteiger charge is -2.16. The molecule has 0 spiro atoms. The zero-order valence-electron chi connectivity index (χ0n) is 7.87. The second kappa shape index (κ2) is 4.83. The molecule has 0 bridgehead atoms. The van der Waals surface area contributed by atoms with Gasteiger partial charge in [-0.1, -0.05) is 0 Å². The number of hydrogen-bond acceptors (Lipinski definition) is 3. The number of ether oxygens (including phenoxy) is 2. The molecule has 0 aromatic carbocycles. The Morgan fingerprint density at radius 3 is 2.77 bits per heavy atom. The molecule has 1 aliphatic rings. The van der Waals surface area contributed by atoms with Crippen molar-refractivity contribution >= 4 is 0 Å². The van der Waals surface area contributed by atoms with Gasteiger partial charge in [-0.3, -0.25) is 4.90 Å². The van der Waals surface area contributed by atoms with E-state index in [1.807, 2.05) is 11.9 Å². The summed E-state index contributed by atoms with van der Waals surface area (Å²) in [6, 6.07) is 0.203. The molecule has 0 aromatic rings. The monoisotopic (exact) mass is 195 g/mol. The highest BCUT2D eigenvalue weighted by Crippen LogP contribution is 2.20. The number of hydrogen-bond donors (Lipinski definition) is 0. The first-order chi connectivity index (χ1) is 6.13. The molecule has 1 aliphatic heterocycles. The molecular weight excluding hydrogens is 180 g/mol. The lowest BCUT2D eigenvalue weighted by atomic mass is 10.2. The Balaban J connectivity index is 2.31. The molecule has 78 valence electrons. The van der Waals surface area contributed by atoms with Crippen molar-refractivity contribution in [1.29, 1.82) is 0 Å². The fourth-order valence-electron chi connectivity index (χ4n) is 1.66. The molecule has 2 atom stereocenters. The van der Waals surface area contributed by atoms with Gasteiger partial charge < -0.3 is 9.47 Å². The summed E-state index contributed by atoms with van der Waals surface area (Å²) in [5.41, 5.74) is 0. The fourth-order valence-corrected chi connectivity index (χ4v) is 1.66. The smallest absolute Gasteiger partial charge is 0.345 e. The summed E-state index contributed by atoms with van der Waals surface area (Å²) in [7, 11) is 3.49. The Morgan fingerprint density at radius 2 is 2.23 bits per heavy atom. The van der Waals surface area contributed by atoms with Crippen LogP contribution in [0.2, 0.25) is 0 Å². The minimum Gasteiger partial charge on any atom is -0.383 e. The maximum Gasteiger partial charge on any atom is 0.345 e. The summed E-state index contributed by atoms with van der Waals surface area (Å²) >= 11 is 0. The van der Waals surface area contributed by atoms with Gasteiger partial charge in [0.05, 0.1) is 12.7 Å². The molecule has 0 unspecified atom stereocenters. The third-order valence-electron chi connectivity index (χ3n) is 2.30. The van der Waals surface area contributed by atoms with Crippen molar-refractivity contribution in [2.75, 3.05) is 27.3 Å². The van der Waals surface area contributed by atoms with Crippen molar-refractivity contribution in [3.05, 3.63) is 0 Å². The van der Waals surface area contributed by atoms with E-state index in [0.29, 0.717) is 19.6 Å². The molecule has 1 saturated heterocycles. The van der Waals surface area contributed by atoms with E-state index < -0.39 is 6.61 Å². The molecule has 0 saturated carbocycles. The highest BCUT2D eigenvalue weighted by atomic mass is 19.3. The lowest BCUT2D eigenvalue weighted by molar-refractivity contribution is -0.158. The highest BCUT2D eigenvalue weighted by Gasteiger charge is 2.31. The lowest BCUT2D eigenvalue weighted by Crippen LogP contribution is -2.29. The summed E-state index contributed by atoms with van der Waals surface area (Å²) in [5, 5.41) is 0. The van der Waals surface area contributed by atoms with Gasteiger partial charge in [-0.15, -0.1) is 0 Å². The first kappa shape index (κ1) is 10.8. The molecule has 5 heteroatoms. The second-order valence-corrected chi connectivity index (χ2v) is 3.30. The molecule has 1 heterocycles. The molecule has 0 aliphatic carbocycles. The van der Waals surface area contributed by atoms with Crippen LogP contribution >= 0.6 is 0 Å². The van der Waals surface area contributed by atoms with Crippen LogP contribution in [0.3, 0.4) is 0 Å². The molecule has 0 radical (unpaired) electrons. The third kappa shape index (κ3) is 3.17. The van der Waals surface area contributed by atoms with Crippen molar-refractivity contribution in [3.63, 3.8) is 0 Å². The predicted octanol–water partition coefficient (Wildman–Crippen LogP) is 0.945. The average Bonchev–Trinajstić information content (AvgIpc) is 2.31. The van der Waals surface area contributed by atoms with Crippen molar-refractivity contribution in [2.24, 2.45) is 0 Å². The molecule has 0 aromatic heterocycles. The van der Waals surface area contributed by atoms with E-state index in [1.54, 1.807) is 7.11 Å². The first-order valence-corrected chi connectivity index (χ1v) is 4.26. The predicted molar refractivity (Wildman–Crippen MR) is 43.8 cm³/mol. The molecule has 3 nitrogen and oxygen atoms in total. The third-order valence-corrected chi connectivity index (χ3v) is 2.30. The normalized spacial score (nSPS) is 30.2. The number of alkyl halides is 2. The molecule has 1 fully saturated rings. The Hall–Kier alpha value is -0.260. The zero-order chi connectivity index (χ0) is 9.84. The minimum atomic E-state index is -2.67. The first-order valence-electron chi connectivity index (χ1n) is 4.26. The SMILES string of the molecule is COC[C@@H]1C[C@@H](OC(F)F)CN1C. The van der Waals surface area contributed by atoms with Gasteiger partial charge >= 0.3 is 6.61 Å². The van der Waals surface area contributed by atoms with E-state index in [0.717, 1.165) is 0 Å². The van der Waals surface area contributed by atoms with Crippen LogP contribution in [0.25, 0.3) is 0 Å². The summed E-state index contributed by atoms with van der Waals surface area (Å²) in [5.74, 6) is 0. The fraction of sp³-hybridized carbons (Fsp3) is 1.00. The van der Waals surface area contributed by atoms with Crippen LogP contribution in [0.5, 0.6) is 0 Å². The van der Waals surface area contributed by atoms with Gasteiger partial charge in [0.1, 0.15) is 0 Å². The van der Waals surface area contributed by atoms with E-state index in [4.69, 9.17) is 4.74 Å². The number of nitrogens with zero attached hydrogens (tertiary/aromatic N) is 1. The number of rotatable bonds is 4. The van der Waals surface area contributed by atoms with Crippen molar-refractivity contribution in [3.8, 4) is 0 Å². The molecule has 0 amide bonds. The molecular formula is C8H15F2NO2. The van der Waals surface area contributed by atoms with Gasteiger partial charge in [-0.05, 0) is 13.5 Å². The summed E-state index contributed by atoms with van der Waals surface area (Å²) in [4.78, 5) is 1.98. The Labute approximate surface area is 76.6 Å². The van der Waals surface area contributed by atoms with Crippen molar-refractivity contribution in [2.45, 2.75) is 25.2 Å². The van der Waals surface area contributed by atoms with Gasteiger partial charge in [-0.25, -0.2) is 0 Å². The summed E-state index contributed by atoms with van der Waals surface area (Å²) in [6.07, 6.45) is 0.263. The van der Waals surface area contributed by atoms with Crippen LogP contribution in [-0.4, -0.2) is 51.0 Å². The summed E-state index contributed by atoms with van der Waals surface area (Å²) < 4.78 is 33.1. The van der Waals surface area contributed by atoms with Crippen LogP contribution in [0, 0.1) is 0 Å². The van der Waals surface area contributed by atoms with Gasteiger partial charge in [0, 0.05) is 19.7 Å². The minimum absolute atomic E-state index is 0.203. The average molecular weight is 195 g/mol. The largest absolute Gasteiger partial charge is 0.383 e. The number of likely N-dealkylation sites (tertiary alicyclic amines) is 1. The van der Waals surface area contributed by atoms with E-state index in [1.165, 1.54) is 0 Å². The van der Waals surface area contributed by atoms with Crippen LogP contribution in [0.4, 0.5) is 8.78 Å². The standard InChI is InChI=1S/C8H15F2NO2/c1-11-4-7(13-8(9)10)3-6(11)5-12-2/h6-8H,3-5H2,1-2H3/t6-,7+/m0/s1. The van der Waals surface area contributed by atoms with Gasteiger partial charge in [-0.2, -0.15) is 8.78 Å². The topological polar surface area (TPSA) is 21.7 Å². The maximum atomic E-state index is 11.9. The number of likely N-dealkylation sites (N-methyl/N-ethyl adjacent to an activating group) is 1. The van der Waals surface area contributed by atoms with E-state index in [2.05, 4.69) is 4.74 Å². The maximum absolute atomic E-state index is 11.9. The molecule has 13 heavy (non-hydrogen) atoms. The van der Waals surface area contributed by atoms with Crippen LogP contribution in [0.1, 0.15) is 6.42 Å². The quantitative estimate of drug-likeness (QED) is 0.666. The van der Waals surface area contributed by atoms with Crippen LogP contribution in [-0.2, 0) is 9.47 Å². The number of methoxy groups -OCH3 is 1. The Morgan fingerprint density at radius 1 is 1.54 bits per heavy atom. The van der Waals surface area contributed by atoms with Gasteiger partial charge in [0.2, 0.25) is 0 Å². The Kier molecular flexibility index (Phi) is 4.02. The van der Waals surface area contributed by atoms with E-state index in [-0.39, 0.29) is 12.1 Å². The number of halogens is 2. The summed E-state index contributed by atoms with van der Waals surface area (Å²) in [6.45, 7) is -1.54. The van der Waals surface area contributed by atoms with Crippen LogP contribution in [0.15, 0.2) is 0 Å². The van der Waals surface area contributed by atoms with Gasteiger partial charge in [0.25, 0.3) is 0 Å². The Bertz CT molecular complexity index is 157. The van der Waals surface area contributed by atoms with Crippen LogP contribution < -0.4 is 0 Å². The van der Waals surface area contributed by atoms with E-state index in [9.17, 15) is 8.78 Å². The van der Waals surface area contributed by atoms with E-state index >= 15 is 0 Å². The van der Waals surface area contributed by atoms with Crippen molar-refractivity contribution < 1.29 is 18.3 Å². The molecule has 1 rings (SSSR count). The van der Waals surface area contributed by atoms with Crippen molar-refractivity contribution in [1.82, 2.24) is 4.90 Å². The second-order valence-electron chi connectivity index (χ2n) is 3.30.